The van der Waals surface area contributed by atoms with Gasteiger partial charge in [0.2, 0.25) is 11.9 Å². The number of amides is 3. The molecule has 2 fully saturated rings. The number of carbonyl (C=O) groups is 3. The molecule has 2 saturated heterocycles. The Morgan fingerprint density at radius 2 is 1.95 bits per heavy atom. The van der Waals surface area contributed by atoms with E-state index < -0.39 is 12.0 Å². The van der Waals surface area contributed by atoms with E-state index in [4.69, 9.17) is 4.98 Å². The summed E-state index contributed by atoms with van der Waals surface area (Å²) in [7, 11) is 0. The summed E-state index contributed by atoms with van der Waals surface area (Å²) in [6, 6.07) is 13.7. The second-order valence-corrected chi connectivity index (χ2v) is 11.5. The van der Waals surface area contributed by atoms with Crippen molar-refractivity contribution in [3.63, 3.8) is 0 Å². The van der Waals surface area contributed by atoms with E-state index in [1.165, 1.54) is 35.4 Å². The maximum absolute atomic E-state index is 13.5. The highest BCUT2D eigenvalue weighted by atomic mass is 32.1. The molecule has 0 unspecified atom stereocenters. The third-order valence-corrected chi connectivity index (χ3v) is 8.66. The van der Waals surface area contributed by atoms with Crippen LogP contribution in [0.15, 0.2) is 66.3 Å². The molecule has 4 aromatic rings. The molecule has 1 atom stereocenters. The molecule has 2 N–H and O–H groups in total. The smallest absolute Gasteiger partial charge is 0.412 e. The number of aromatic nitrogens is 3. The Balaban J connectivity index is 1.12. The topological polar surface area (TPSA) is 124 Å². The molecular weight excluding hydrogens is 573 g/mol. The number of hydrogen-bond donors (Lipinski definition) is 2. The molecule has 0 aliphatic carbocycles. The maximum atomic E-state index is 13.5. The van der Waals surface area contributed by atoms with Crippen molar-refractivity contribution < 1.29 is 23.9 Å². The zero-order chi connectivity index (χ0) is 30.1. The Morgan fingerprint density at radius 3 is 2.67 bits per heavy atom. The molecule has 13 heteroatoms. The first-order chi connectivity index (χ1) is 20.8. The van der Waals surface area contributed by atoms with E-state index in [9.17, 15) is 23.9 Å². The number of halogens is 1. The largest absolute Gasteiger partial charge is 0.465 e. The normalized spacial score (nSPS) is 16.7. The molecule has 0 saturated carbocycles. The van der Waals surface area contributed by atoms with E-state index in [0.717, 1.165) is 30.8 Å². The molecule has 43 heavy (non-hydrogen) atoms. The van der Waals surface area contributed by atoms with Crippen LogP contribution in [0.2, 0.25) is 0 Å². The minimum Gasteiger partial charge on any atom is -0.465 e. The molecule has 6 rings (SSSR count). The summed E-state index contributed by atoms with van der Waals surface area (Å²) in [5.41, 5.74) is 3.51. The number of rotatable bonds is 8. The number of likely N-dealkylation sites (tertiary alicyclic amines) is 1. The first kappa shape index (κ1) is 28.3. The highest BCUT2D eigenvalue weighted by molar-refractivity contribution is 7.14. The van der Waals surface area contributed by atoms with Crippen LogP contribution in [0.5, 0.6) is 0 Å². The van der Waals surface area contributed by atoms with E-state index in [0.29, 0.717) is 41.7 Å². The Bertz CT molecular complexity index is 1650. The maximum Gasteiger partial charge on any atom is 0.412 e. The van der Waals surface area contributed by atoms with Crippen molar-refractivity contribution in [1.82, 2.24) is 19.4 Å². The summed E-state index contributed by atoms with van der Waals surface area (Å²) >= 11 is 1.36. The monoisotopic (exact) mass is 603 g/mol. The van der Waals surface area contributed by atoms with Gasteiger partial charge in [-0.2, -0.15) is 4.39 Å². The number of hydrogen-bond acceptors (Lipinski definition) is 7. The van der Waals surface area contributed by atoms with Crippen molar-refractivity contribution >= 4 is 45.8 Å². The van der Waals surface area contributed by atoms with Crippen molar-refractivity contribution in [3.05, 3.63) is 89.2 Å². The van der Waals surface area contributed by atoms with Crippen LogP contribution in [0.25, 0.3) is 0 Å². The number of pyridine rings is 1. The average Bonchev–Trinajstić information content (AvgIpc) is 3.71. The van der Waals surface area contributed by atoms with Crippen molar-refractivity contribution in [2.24, 2.45) is 0 Å². The summed E-state index contributed by atoms with van der Waals surface area (Å²) in [5, 5.41) is 15.2. The van der Waals surface area contributed by atoms with Gasteiger partial charge in [-0.05, 0) is 66.9 Å². The second-order valence-electron chi connectivity index (χ2n) is 10.6. The van der Waals surface area contributed by atoms with Gasteiger partial charge in [-0.15, -0.1) is 11.3 Å². The predicted octanol–water partition coefficient (Wildman–Crippen LogP) is 4.84. The van der Waals surface area contributed by atoms with Gasteiger partial charge in [0.15, 0.2) is 5.13 Å². The van der Waals surface area contributed by atoms with Crippen LogP contribution in [0.1, 0.15) is 47.6 Å². The first-order valence-corrected chi connectivity index (χ1v) is 14.8. The fourth-order valence-corrected chi connectivity index (χ4v) is 6.45. The summed E-state index contributed by atoms with van der Waals surface area (Å²) in [6.45, 7) is 3.41. The van der Waals surface area contributed by atoms with Crippen LogP contribution in [0.4, 0.5) is 25.7 Å². The van der Waals surface area contributed by atoms with Crippen molar-refractivity contribution in [3.8, 4) is 0 Å². The quantitative estimate of drug-likeness (QED) is 0.276. The Labute approximate surface area is 251 Å². The second kappa shape index (κ2) is 11.8. The molecule has 0 radical (unpaired) electrons. The minimum atomic E-state index is -1.05. The van der Waals surface area contributed by atoms with Gasteiger partial charge in [-0.1, -0.05) is 0 Å². The molecule has 2 aliphatic rings. The number of carbonyl (C=O) groups excluding carboxylic acids is 2. The lowest BCUT2D eigenvalue weighted by Gasteiger charge is -2.43. The van der Waals surface area contributed by atoms with Gasteiger partial charge in [-0.3, -0.25) is 19.8 Å². The molecule has 3 amide bonds. The van der Waals surface area contributed by atoms with E-state index in [-0.39, 0.29) is 23.9 Å². The number of nitrogens with one attached hydrogen (secondary N) is 1. The summed E-state index contributed by atoms with van der Waals surface area (Å²) in [5.74, 6) is -0.934. The molecule has 11 nitrogen and oxygen atoms in total. The molecule has 222 valence electrons. The number of nitrogens with zero attached hydrogens (tertiary/aromatic N) is 6. The van der Waals surface area contributed by atoms with Gasteiger partial charge < -0.3 is 19.5 Å². The van der Waals surface area contributed by atoms with Gasteiger partial charge in [0.05, 0.1) is 17.8 Å². The lowest BCUT2D eigenvalue weighted by Crippen LogP contribution is -2.62. The summed E-state index contributed by atoms with van der Waals surface area (Å²) in [6.07, 6.45) is 3.99. The molecule has 1 aromatic carbocycles. The zero-order valence-corrected chi connectivity index (χ0v) is 24.2. The SMILES string of the molecule is CC(=O)N1CC(N(C(=O)O)c2ccc(N3CCC[C@@H]3c3csc(NC(=O)c4cccn4Cc4ccnc(F)c4)n3)cc2)C1. The minimum absolute atomic E-state index is 0.0181. The molecule has 3 aromatic heterocycles. The van der Waals surface area contributed by atoms with Gasteiger partial charge in [0.1, 0.15) is 5.69 Å². The van der Waals surface area contributed by atoms with Crippen molar-refractivity contribution in [1.29, 1.82) is 0 Å². The lowest BCUT2D eigenvalue weighted by molar-refractivity contribution is -0.133. The van der Waals surface area contributed by atoms with Gasteiger partial charge in [0, 0.05) is 62.3 Å². The molecular formula is C30H30FN7O4S. The van der Waals surface area contributed by atoms with E-state index >= 15 is 0 Å². The Kier molecular flexibility index (Phi) is 7.80. The fraction of sp³-hybridized carbons (Fsp3) is 0.300. The van der Waals surface area contributed by atoms with Crippen LogP contribution in [0.3, 0.4) is 0 Å². The van der Waals surface area contributed by atoms with E-state index in [1.54, 1.807) is 46.0 Å². The van der Waals surface area contributed by atoms with Crippen LogP contribution in [-0.4, -0.2) is 68.1 Å². The highest BCUT2D eigenvalue weighted by Gasteiger charge is 2.37. The van der Waals surface area contributed by atoms with Gasteiger partial charge >= 0.3 is 6.09 Å². The Morgan fingerprint density at radius 1 is 1.16 bits per heavy atom. The van der Waals surface area contributed by atoms with Crippen LogP contribution >= 0.6 is 11.3 Å². The lowest BCUT2D eigenvalue weighted by atomic mass is 10.1. The van der Waals surface area contributed by atoms with E-state index in [2.05, 4.69) is 15.2 Å². The predicted molar refractivity (Wildman–Crippen MR) is 160 cm³/mol. The summed E-state index contributed by atoms with van der Waals surface area (Å²) in [4.78, 5) is 50.2. The molecule has 0 spiro atoms. The van der Waals surface area contributed by atoms with Crippen LogP contribution in [-0.2, 0) is 11.3 Å². The molecule has 0 bridgehead atoms. The van der Waals surface area contributed by atoms with Gasteiger partial charge in [0.25, 0.3) is 5.91 Å². The van der Waals surface area contributed by atoms with Crippen LogP contribution < -0.4 is 15.1 Å². The first-order valence-electron chi connectivity index (χ1n) is 13.9. The number of anilines is 3. The number of carboxylic acid groups (broad SMARTS) is 1. The third-order valence-electron chi connectivity index (χ3n) is 7.88. The average molecular weight is 604 g/mol. The third kappa shape index (κ3) is 5.93. The number of benzene rings is 1. The highest BCUT2D eigenvalue weighted by Crippen LogP contribution is 2.38. The van der Waals surface area contributed by atoms with Crippen molar-refractivity contribution in [2.75, 3.05) is 34.8 Å². The standard InChI is InChI=1S/C30H30FN7O4S/c1-19(39)36-16-23(17-36)38(30(41)42)22-8-6-21(7-9-22)37-13-3-4-25(37)24-18-43-29(33-24)34-28(40)26-5-2-12-35(26)15-20-10-11-32-27(31)14-20/h2,5-12,14,18,23,25H,3-4,13,15-17H2,1H3,(H,41,42)(H,33,34,40)/t25-/m1/s1. The zero-order valence-electron chi connectivity index (χ0n) is 23.4. The number of thiazole rings is 1. The fourth-order valence-electron chi connectivity index (χ4n) is 5.69. The Hall–Kier alpha value is -4.78. The van der Waals surface area contributed by atoms with Gasteiger partial charge in [-0.25, -0.2) is 14.8 Å². The molecule has 2 aliphatic heterocycles. The molecule has 5 heterocycles. The summed E-state index contributed by atoms with van der Waals surface area (Å²) < 4.78 is 15.3. The van der Waals surface area contributed by atoms with Crippen molar-refractivity contribution in [2.45, 2.75) is 38.4 Å². The van der Waals surface area contributed by atoms with E-state index in [1.807, 2.05) is 17.5 Å². The van der Waals surface area contributed by atoms with Crippen LogP contribution in [0, 0.1) is 5.95 Å².